The third kappa shape index (κ3) is 4.60. The van der Waals surface area contributed by atoms with E-state index in [9.17, 15) is 22.9 Å². The minimum Gasteiger partial charge on any atom is -0.329 e. The summed E-state index contributed by atoms with van der Waals surface area (Å²) in [7, 11) is -4.12. The average molecular weight is 370 g/mol. The highest BCUT2D eigenvalue weighted by Crippen LogP contribution is 2.26. The van der Waals surface area contributed by atoms with Crippen molar-refractivity contribution < 1.29 is 17.7 Å². The summed E-state index contributed by atoms with van der Waals surface area (Å²) in [6, 6.07) is 1.63. The summed E-state index contributed by atoms with van der Waals surface area (Å²) < 4.78 is 41.0. The summed E-state index contributed by atoms with van der Waals surface area (Å²) in [6.45, 7) is 4.84. The van der Waals surface area contributed by atoms with Crippen LogP contribution in [0.4, 0.5) is 10.1 Å². The van der Waals surface area contributed by atoms with Crippen molar-refractivity contribution in [2.45, 2.75) is 44.0 Å². The van der Waals surface area contributed by atoms with Gasteiger partial charge in [-0.15, -0.1) is 12.4 Å². The van der Waals surface area contributed by atoms with Crippen LogP contribution < -0.4 is 10.5 Å². The van der Waals surface area contributed by atoms with Crippen molar-refractivity contribution in [2.75, 3.05) is 6.54 Å². The van der Waals surface area contributed by atoms with Gasteiger partial charge in [-0.2, -0.15) is 0 Å². The lowest BCUT2D eigenvalue weighted by molar-refractivity contribution is -0.385. The molecule has 0 aliphatic heterocycles. The second kappa shape index (κ2) is 8.00. The summed E-state index contributed by atoms with van der Waals surface area (Å²) in [5.41, 5.74) is 3.99. The van der Waals surface area contributed by atoms with E-state index in [1.54, 1.807) is 13.8 Å². The first-order valence-corrected chi connectivity index (χ1v) is 8.29. The molecule has 0 fully saturated rings. The van der Waals surface area contributed by atoms with Crippen molar-refractivity contribution in [1.29, 1.82) is 0 Å². The van der Waals surface area contributed by atoms with Crippen LogP contribution in [0.1, 0.15) is 32.3 Å². The molecule has 7 nitrogen and oxygen atoms in total. The van der Waals surface area contributed by atoms with Crippen molar-refractivity contribution in [3.8, 4) is 0 Å². The monoisotopic (exact) mass is 369 g/mol. The smallest absolute Gasteiger partial charge is 0.276 e. The molecule has 0 saturated carbocycles. The number of benzene rings is 1. The van der Waals surface area contributed by atoms with Gasteiger partial charge in [-0.1, -0.05) is 13.8 Å². The maximum Gasteiger partial charge on any atom is 0.276 e. The Morgan fingerprint density at radius 2 is 1.87 bits per heavy atom. The predicted octanol–water partition coefficient (Wildman–Crippen LogP) is 2.26. The van der Waals surface area contributed by atoms with Gasteiger partial charge in [-0.05, 0) is 25.8 Å². The van der Waals surface area contributed by atoms with Crippen molar-refractivity contribution in [1.82, 2.24) is 4.72 Å². The number of hydrogen-bond donors (Lipinski definition) is 2. The van der Waals surface area contributed by atoms with E-state index in [4.69, 9.17) is 5.73 Å². The highest BCUT2D eigenvalue weighted by Gasteiger charge is 2.32. The molecule has 0 unspecified atom stereocenters. The van der Waals surface area contributed by atoms with E-state index in [0.29, 0.717) is 12.8 Å². The number of nitro groups is 1. The quantitative estimate of drug-likeness (QED) is 0.565. The average Bonchev–Trinajstić information content (AvgIpc) is 2.47. The molecule has 0 amide bonds. The van der Waals surface area contributed by atoms with Gasteiger partial charge in [-0.25, -0.2) is 17.5 Å². The second-order valence-electron chi connectivity index (χ2n) is 5.10. The van der Waals surface area contributed by atoms with Crippen LogP contribution in [0.15, 0.2) is 17.0 Å². The Bertz CT molecular complexity index is 670. The first-order chi connectivity index (χ1) is 10.1. The molecule has 3 N–H and O–H groups in total. The lowest BCUT2D eigenvalue weighted by atomic mass is 9.95. The summed E-state index contributed by atoms with van der Waals surface area (Å²) >= 11 is 0. The molecule has 0 atom stereocenters. The van der Waals surface area contributed by atoms with E-state index >= 15 is 0 Å². The number of nitrogens with zero attached hydrogens (tertiary/aromatic N) is 1. The standard InChI is InChI=1S/C13H20FN3O4S.ClH/c1-4-13(5-2,8-15)16-22(20,21)10-6-11(14)9(3)12(7-10)17(18)19;/h6-7,16H,4-5,8,15H2,1-3H3;1H. The molecule has 0 aromatic heterocycles. The Morgan fingerprint density at radius 3 is 2.26 bits per heavy atom. The SMILES string of the molecule is CCC(CC)(CN)NS(=O)(=O)c1cc(F)c(C)c([N+](=O)[O-])c1.Cl. The zero-order valence-corrected chi connectivity index (χ0v) is 14.8. The number of halogens is 2. The molecule has 1 aromatic carbocycles. The largest absolute Gasteiger partial charge is 0.329 e. The third-order valence-corrected chi connectivity index (χ3v) is 5.45. The zero-order chi connectivity index (χ0) is 17.1. The minimum atomic E-state index is -4.12. The summed E-state index contributed by atoms with van der Waals surface area (Å²) in [4.78, 5) is 9.61. The Balaban J connectivity index is 0.00000484. The van der Waals surface area contributed by atoms with Gasteiger partial charge in [-0.3, -0.25) is 10.1 Å². The molecule has 0 aliphatic carbocycles. The van der Waals surface area contributed by atoms with Crippen molar-refractivity contribution in [3.05, 3.63) is 33.6 Å². The fraction of sp³-hybridized carbons (Fsp3) is 0.538. The first-order valence-electron chi connectivity index (χ1n) is 6.81. The number of nitrogens with one attached hydrogen (secondary N) is 1. The maximum absolute atomic E-state index is 13.8. The molecular weight excluding hydrogens is 349 g/mol. The van der Waals surface area contributed by atoms with Gasteiger partial charge < -0.3 is 5.73 Å². The van der Waals surface area contributed by atoms with Gasteiger partial charge in [0.05, 0.1) is 15.4 Å². The van der Waals surface area contributed by atoms with Gasteiger partial charge in [0.15, 0.2) is 0 Å². The summed E-state index contributed by atoms with van der Waals surface area (Å²) in [6.07, 6.45) is 0.880. The van der Waals surface area contributed by atoms with Gasteiger partial charge in [0.2, 0.25) is 10.0 Å². The lowest BCUT2D eigenvalue weighted by Gasteiger charge is -2.30. The molecule has 0 heterocycles. The van der Waals surface area contributed by atoms with E-state index in [1.165, 1.54) is 6.92 Å². The van der Waals surface area contributed by atoms with E-state index in [-0.39, 0.29) is 24.5 Å². The normalized spacial score (nSPS) is 11.9. The number of rotatable bonds is 7. The van der Waals surface area contributed by atoms with Crippen LogP contribution in [0.5, 0.6) is 0 Å². The van der Waals surface area contributed by atoms with E-state index in [1.807, 2.05) is 0 Å². The fourth-order valence-electron chi connectivity index (χ4n) is 2.05. The van der Waals surface area contributed by atoms with Crippen LogP contribution in [0.3, 0.4) is 0 Å². The molecule has 10 heteroatoms. The molecule has 0 bridgehead atoms. The molecular formula is C13H21ClFN3O4S. The van der Waals surface area contributed by atoms with Crippen molar-refractivity contribution in [3.63, 3.8) is 0 Å². The molecule has 23 heavy (non-hydrogen) atoms. The lowest BCUT2D eigenvalue weighted by Crippen LogP contribution is -2.52. The Labute approximate surface area is 141 Å². The van der Waals surface area contributed by atoms with Crippen LogP contribution in [-0.4, -0.2) is 25.4 Å². The van der Waals surface area contributed by atoms with Crippen LogP contribution in [0, 0.1) is 22.9 Å². The van der Waals surface area contributed by atoms with Gasteiger partial charge >= 0.3 is 0 Å². The van der Waals surface area contributed by atoms with Crippen LogP contribution >= 0.6 is 12.4 Å². The summed E-state index contributed by atoms with van der Waals surface area (Å²) in [5, 5.41) is 10.9. The van der Waals surface area contributed by atoms with E-state index < -0.39 is 36.9 Å². The molecule has 0 saturated heterocycles. The van der Waals surface area contributed by atoms with Gasteiger partial charge in [0, 0.05) is 18.2 Å². The number of nitrogens with two attached hydrogens (primary N) is 1. The molecule has 0 spiro atoms. The zero-order valence-electron chi connectivity index (χ0n) is 13.1. The predicted molar refractivity (Wildman–Crippen MR) is 87.7 cm³/mol. The second-order valence-corrected chi connectivity index (χ2v) is 6.79. The van der Waals surface area contributed by atoms with Crippen LogP contribution in [-0.2, 0) is 10.0 Å². The molecule has 0 aliphatic rings. The number of sulfonamides is 1. The Kier molecular flexibility index (Phi) is 7.55. The van der Waals surface area contributed by atoms with E-state index in [2.05, 4.69) is 4.72 Å². The maximum atomic E-state index is 13.8. The Hall–Kier alpha value is -1.29. The fourth-order valence-corrected chi connectivity index (χ4v) is 3.64. The van der Waals surface area contributed by atoms with E-state index in [0.717, 1.165) is 12.1 Å². The van der Waals surface area contributed by atoms with Crippen LogP contribution in [0.2, 0.25) is 0 Å². The molecule has 0 radical (unpaired) electrons. The first kappa shape index (κ1) is 21.7. The van der Waals surface area contributed by atoms with Crippen molar-refractivity contribution in [2.24, 2.45) is 5.73 Å². The third-order valence-electron chi connectivity index (χ3n) is 3.89. The van der Waals surface area contributed by atoms with Crippen LogP contribution in [0.25, 0.3) is 0 Å². The highest BCUT2D eigenvalue weighted by atomic mass is 35.5. The highest BCUT2D eigenvalue weighted by molar-refractivity contribution is 7.89. The van der Waals surface area contributed by atoms with Crippen molar-refractivity contribution >= 4 is 28.1 Å². The topological polar surface area (TPSA) is 115 Å². The molecule has 1 rings (SSSR count). The van der Waals surface area contributed by atoms with Gasteiger partial charge in [0.1, 0.15) is 5.82 Å². The van der Waals surface area contributed by atoms with Gasteiger partial charge in [0.25, 0.3) is 5.69 Å². The molecule has 132 valence electrons. The number of hydrogen-bond acceptors (Lipinski definition) is 5. The number of nitro benzene ring substituents is 1. The minimum absolute atomic E-state index is 0. The summed E-state index contributed by atoms with van der Waals surface area (Å²) in [5.74, 6) is -0.944. The Morgan fingerprint density at radius 1 is 1.35 bits per heavy atom. The molecule has 1 aromatic rings.